The molecule has 0 aliphatic carbocycles. The predicted octanol–water partition coefficient (Wildman–Crippen LogP) is 1.81. The van der Waals surface area contributed by atoms with E-state index in [1.165, 1.54) is 18.2 Å². The van der Waals surface area contributed by atoms with Gasteiger partial charge >= 0.3 is 0 Å². The molecule has 0 atom stereocenters. The van der Waals surface area contributed by atoms with Crippen LogP contribution in [0.2, 0.25) is 0 Å². The van der Waals surface area contributed by atoms with E-state index >= 15 is 0 Å². The van der Waals surface area contributed by atoms with Gasteiger partial charge in [0.05, 0.1) is 12.5 Å². The number of primary amides is 1. The normalized spacial score (nSPS) is 10.5. The van der Waals surface area contributed by atoms with E-state index in [9.17, 15) is 9.18 Å². The number of furan rings is 1. The third kappa shape index (κ3) is 2.95. The van der Waals surface area contributed by atoms with E-state index in [0.29, 0.717) is 24.2 Å². The van der Waals surface area contributed by atoms with Gasteiger partial charge in [0.1, 0.15) is 5.82 Å². The summed E-state index contributed by atoms with van der Waals surface area (Å²) in [5, 5.41) is 3.06. The van der Waals surface area contributed by atoms with Crippen LogP contribution < -0.4 is 11.1 Å². The first kappa shape index (κ1) is 12.3. The van der Waals surface area contributed by atoms with Gasteiger partial charge < -0.3 is 15.5 Å². The van der Waals surface area contributed by atoms with Crippen LogP contribution in [0.1, 0.15) is 21.5 Å². The second-order valence-electron chi connectivity index (χ2n) is 3.91. The second-order valence-corrected chi connectivity index (χ2v) is 3.91. The summed E-state index contributed by atoms with van der Waals surface area (Å²) >= 11 is 0. The van der Waals surface area contributed by atoms with Gasteiger partial charge in [0.15, 0.2) is 0 Å². The van der Waals surface area contributed by atoms with Gasteiger partial charge in [-0.3, -0.25) is 4.79 Å². The van der Waals surface area contributed by atoms with Gasteiger partial charge in [-0.2, -0.15) is 0 Å². The number of rotatable bonds is 5. The fraction of sp³-hybridized carbons (Fsp3) is 0.154. The summed E-state index contributed by atoms with van der Waals surface area (Å²) in [6.07, 6.45) is 3.19. The number of hydrogen-bond acceptors (Lipinski definition) is 3. The zero-order chi connectivity index (χ0) is 13.0. The van der Waals surface area contributed by atoms with Crippen LogP contribution in [0.15, 0.2) is 41.2 Å². The fourth-order valence-electron chi connectivity index (χ4n) is 1.60. The van der Waals surface area contributed by atoms with Gasteiger partial charge in [-0.25, -0.2) is 4.39 Å². The fourth-order valence-corrected chi connectivity index (χ4v) is 1.60. The van der Waals surface area contributed by atoms with Crippen molar-refractivity contribution in [2.24, 2.45) is 5.73 Å². The Kier molecular flexibility index (Phi) is 3.74. The van der Waals surface area contributed by atoms with Crippen molar-refractivity contribution < 1.29 is 13.6 Å². The molecule has 1 aromatic carbocycles. The molecule has 0 saturated heterocycles. The molecule has 0 saturated carbocycles. The molecule has 0 fully saturated rings. The van der Waals surface area contributed by atoms with E-state index in [1.54, 1.807) is 12.5 Å². The molecule has 1 amide bonds. The highest BCUT2D eigenvalue weighted by Crippen LogP contribution is 2.10. The number of carbonyl (C=O) groups excluding carboxylic acids is 1. The van der Waals surface area contributed by atoms with E-state index in [2.05, 4.69) is 5.32 Å². The summed E-state index contributed by atoms with van der Waals surface area (Å²) in [7, 11) is 0. The van der Waals surface area contributed by atoms with Gasteiger partial charge in [-0.15, -0.1) is 0 Å². The zero-order valence-corrected chi connectivity index (χ0v) is 9.65. The Bertz CT molecular complexity index is 538. The lowest BCUT2D eigenvalue weighted by Gasteiger charge is -2.06. The molecule has 1 aromatic heterocycles. The molecule has 0 unspecified atom stereocenters. The molecule has 2 aromatic rings. The number of halogens is 1. The average Bonchev–Trinajstić information content (AvgIpc) is 2.84. The van der Waals surface area contributed by atoms with Crippen LogP contribution >= 0.6 is 0 Å². The van der Waals surface area contributed by atoms with Crippen LogP contribution in [-0.4, -0.2) is 5.91 Å². The van der Waals surface area contributed by atoms with Crippen molar-refractivity contribution in [2.75, 3.05) is 0 Å². The first-order valence-electron chi connectivity index (χ1n) is 5.47. The number of hydrogen-bond donors (Lipinski definition) is 2. The molecule has 4 nitrogen and oxygen atoms in total. The maximum Gasteiger partial charge on any atom is 0.248 e. The number of benzene rings is 1. The molecular weight excluding hydrogens is 235 g/mol. The largest absolute Gasteiger partial charge is 0.472 e. The van der Waals surface area contributed by atoms with Crippen LogP contribution in [0.3, 0.4) is 0 Å². The van der Waals surface area contributed by atoms with E-state index in [0.717, 1.165) is 5.56 Å². The third-order valence-electron chi connectivity index (χ3n) is 2.55. The average molecular weight is 248 g/mol. The van der Waals surface area contributed by atoms with Gasteiger partial charge in [0.25, 0.3) is 0 Å². The molecule has 1 heterocycles. The lowest BCUT2D eigenvalue weighted by Crippen LogP contribution is -2.16. The van der Waals surface area contributed by atoms with Crippen LogP contribution in [0.4, 0.5) is 4.39 Å². The summed E-state index contributed by atoms with van der Waals surface area (Å²) in [5.74, 6) is -0.925. The van der Waals surface area contributed by atoms with Gasteiger partial charge in [0, 0.05) is 29.8 Å². The van der Waals surface area contributed by atoms with Gasteiger partial charge in [-0.1, -0.05) is 0 Å². The standard InChI is InChI=1S/C13H13FN2O2/c14-12-2-1-10(13(15)17)5-11(12)7-16-6-9-3-4-18-8-9/h1-5,8,16H,6-7H2,(H2,15,17). The minimum atomic E-state index is -0.564. The highest BCUT2D eigenvalue weighted by atomic mass is 19.1. The Morgan fingerprint density at radius 3 is 2.83 bits per heavy atom. The molecule has 2 rings (SSSR count). The predicted molar refractivity (Wildman–Crippen MR) is 64.2 cm³/mol. The summed E-state index contributed by atoms with van der Waals surface area (Å²) < 4.78 is 18.4. The highest BCUT2D eigenvalue weighted by molar-refractivity contribution is 5.92. The molecule has 94 valence electrons. The van der Waals surface area contributed by atoms with Crippen molar-refractivity contribution in [2.45, 2.75) is 13.1 Å². The Balaban J connectivity index is 2.00. The Morgan fingerprint density at radius 1 is 1.33 bits per heavy atom. The van der Waals surface area contributed by atoms with E-state index in [-0.39, 0.29) is 5.82 Å². The molecule has 0 radical (unpaired) electrons. The summed E-state index contributed by atoms with van der Waals surface area (Å²) in [5.41, 5.74) is 6.83. The molecule has 0 aliphatic rings. The Morgan fingerprint density at radius 2 is 2.17 bits per heavy atom. The minimum absolute atomic E-state index is 0.302. The topological polar surface area (TPSA) is 68.3 Å². The number of amides is 1. The highest BCUT2D eigenvalue weighted by Gasteiger charge is 2.06. The number of nitrogens with one attached hydrogen (secondary N) is 1. The van der Waals surface area contributed by atoms with Crippen molar-refractivity contribution in [3.8, 4) is 0 Å². The smallest absolute Gasteiger partial charge is 0.248 e. The second kappa shape index (κ2) is 5.46. The van der Waals surface area contributed by atoms with Crippen LogP contribution in [0.25, 0.3) is 0 Å². The summed E-state index contributed by atoms with van der Waals surface area (Å²) in [6, 6.07) is 5.90. The molecule has 5 heteroatoms. The van der Waals surface area contributed by atoms with Crippen LogP contribution in [-0.2, 0) is 13.1 Å². The quantitative estimate of drug-likeness (QED) is 0.847. The van der Waals surface area contributed by atoms with E-state index in [1.807, 2.05) is 6.07 Å². The summed E-state index contributed by atoms with van der Waals surface area (Å²) in [6.45, 7) is 0.884. The van der Waals surface area contributed by atoms with Crippen molar-refractivity contribution >= 4 is 5.91 Å². The molecular formula is C13H13FN2O2. The van der Waals surface area contributed by atoms with Crippen molar-refractivity contribution in [3.05, 3.63) is 59.3 Å². The Hall–Kier alpha value is -2.14. The maximum absolute atomic E-state index is 13.5. The summed E-state index contributed by atoms with van der Waals surface area (Å²) in [4.78, 5) is 11.0. The van der Waals surface area contributed by atoms with E-state index in [4.69, 9.17) is 10.2 Å². The molecule has 0 aliphatic heterocycles. The zero-order valence-electron chi connectivity index (χ0n) is 9.65. The molecule has 0 bridgehead atoms. The van der Waals surface area contributed by atoms with Gasteiger partial charge in [0.2, 0.25) is 5.91 Å². The van der Waals surface area contributed by atoms with Crippen molar-refractivity contribution in [3.63, 3.8) is 0 Å². The number of carbonyl (C=O) groups is 1. The van der Waals surface area contributed by atoms with Crippen molar-refractivity contribution in [1.29, 1.82) is 0 Å². The molecule has 18 heavy (non-hydrogen) atoms. The first-order chi connectivity index (χ1) is 8.66. The first-order valence-corrected chi connectivity index (χ1v) is 5.47. The van der Waals surface area contributed by atoms with E-state index < -0.39 is 5.91 Å². The lowest BCUT2D eigenvalue weighted by molar-refractivity contribution is 0.1000. The number of nitrogens with two attached hydrogens (primary N) is 1. The van der Waals surface area contributed by atoms with Crippen LogP contribution in [0, 0.1) is 5.82 Å². The van der Waals surface area contributed by atoms with Crippen LogP contribution in [0.5, 0.6) is 0 Å². The Labute approximate surface area is 104 Å². The SMILES string of the molecule is NC(=O)c1ccc(F)c(CNCc2ccoc2)c1. The lowest BCUT2D eigenvalue weighted by atomic mass is 10.1. The molecule has 0 spiro atoms. The minimum Gasteiger partial charge on any atom is -0.472 e. The monoisotopic (exact) mass is 248 g/mol. The van der Waals surface area contributed by atoms with Crippen molar-refractivity contribution in [1.82, 2.24) is 5.32 Å². The van der Waals surface area contributed by atoms with Gasteiger partial charge in [-0.05, 0) is 24.3 Å². The maximum atomic E-state index is 13.5. The third-order valence-corrected chi connectivity index (χ3v) is 2.55. The molecule has 3 N–H and O–H groups in total.